The van der Waals surface area contributed by atoms with Gasteiger partial charge in [0.05, 0.1) is 11.4 Å². The van der Waals surface area contributed by atoms with Crippen molar-refractivity contribution in [3.8, 4) is 0 Å². The maximum absolute atomic E-state index is 12.3. The first-order chi connectivity index (χ1) is 13.1. The quantitative estimate of drug-likeness (QED) is 0.768. The molecule has 2 aliphatic rings. The van der Waals surface area contributed by atoms with E-state index in [-0.39, 0.29) is 11.7 Å². The van der Waals surface area contributed by atoms with Gasteiger partial charge in [-0.3, -0.25) is 19.7 Å². The summed E-state index contributed by atoms with van der Waals surface area (Å²) in [6.07, 6.45) is 8.19. The summed E-state index contributed by atoms with van der Waals surface area (Å²) in [5.74, 6) is 0.648. The van der Waals surface area contributed by atoms with Crippen LogP contribution in [0.2, 0.25) is 0 Å². The maximum Gasteiger partial charge on any atom is 0.246 e. The van der Waals surface area contributed by atoms with E-state index in [2.05, 4.69) is 21.8 Å². The van der Waals surface area contributed by atoms with Crippen molar-refractivity contribution >= 4 is 17.3 Å². The fourth-order valence-corrected chi connectivity index (χ4v) is 3.32. The van der Waals surface area contributed by atoms with Crippen LogP contribution in [0, 0.1) is 0 Å². The fourth-order valence-electron chi connectivity index (χ4n) is 3.32. The van der Waals surface area contributed by atoms with Crippen molar-refractivity contribution in [3.05, 3.63) is 65.8 Å². The third kappa shape index (κ3) is 4.05. The number of ketones is 1. The Balaban J connectivity index is 1.32. The first kappa shape index (κ1) is 17.4. The maximum atomic E-state index is 12.3. The summed E-state index contributed by atoms with van der Waals surface area (Å²) < 4.78 is 0. The van der Waals surface area contributed by atoms with Crippen LogP contribution in [0.3, 0.4) is 0 Å². The van der Waals surface area contributed by atoms with E-state index in [1.54, 1.807) is 11.1 Å². The lowest BCUT2D eigenvalue weighted by atomic mass is 10.1. The standard InChI is InChI=1S/C21H22N4O2/c1-2-21(27)25-8-7-16(13-25)19-6-3-14(12-22-19)9-18(26)10-17-11-20(24-23-17)15-4-5-15/h2-3,6-7,11-12,15H,1,4-5,8-10,13H2,(H,23,24). The Morgan fingerprint density at radius 2 is 2.15 bits per heavy atom. The lowest BCUT2D eigenvalue weighted by molar-refractivity contribution is -0.124. The van der Waals surface area contributed by atoms with E-state index in [9.17, 15) is 9.59 Å². The molecule has 0 unspecified atom stereocenters. The Morgan fingerprint density at radius 1 is 1.30 bits per heavy atom. The molecular weight excluding hydrogens is 340 g/mol. The van der Waals surface area contributed by atoms with Crippen LogP contribution in [0.4, 0.5) is 0 Å². The predicted octanol–water partition coefficient (Wildman–Crippen LogP) is 2.45. The zero-order valence-electron chi connectivity index (χ0n) is 15.1. The fraction of sp³-hybridized carbons (Fsp3) is 0.333. The number of nitrogens with one attached hydrogen (secondary N) is 1. The number of amides is 1. The zero-order chi connectivity index (χ0) is 18.8. The van der Waals surface area contributed by atoms with Crippen molar-refractivity contribution in [1.82, 2.24) is 20.1 Å². The Kier molecular flexibility index (Phi) is 4.71. The van der Waals surface area contributed by atoms with Crippen molar-refractivity contribution in [3.63, 3.8) is 0 Å². The van der Waals surface area contributed by atoms with Crippen LogP contribution in [0.15, 0.2) is 43.1 Å². The van der Waals surface area contributed by atoms with Gasteiger partial charge in [-0.1, -0.05) is 18.7 Å². The Labute approximate surface area is 158 Å². The summed E-state index contributed by atoms with van der Waals surface area (Å²) in [5.41, 5.74) is 4.72. The Hall–Kier alpha value is -3.02. The molecule has 1 fully saturated rings. The summed E-state index contributed by atoms with van der Waals surface area (Å²) in [4.78, 5) is 30.2. The van der Waals surface area contributed by atoms with Crippen LogP contribution in [-0.4, -0.2) is 44.9 Å². The van der Waals surface area contributed by atoms with Gasteiger partial charge in [0, 0.05) is 43.7 Å². The van der Waals surface area contributed by atoms with Crippen molar-refractivity contribution in [2.75, 3.05) is 13.1 Å². The van der Waals surface area contributed by atoms with Gasteiger partial charge in [-0.25, -0.2) is 0 Å². The molecule has 0 atom stereocenters. The zero-order valence-corrected chi connectivity index (χ0v) is 15.1. The molecule has 1 aliphatic carbocycles. The van der Waals surface area contributed by atoms with E-state index in [0.29, 0.717) is 31.8 Å². The smallest absolute Gasteiger partial charge is 0.246 e. The van der Waals surface area contributed by atoms with Gasteiger partial charge >= 0.3 is 0 Å². The summed E-state index contributed by atoms with van der Waals surface area (Å²) in [5, 5.41) is 7.26. The van der Waals surface area contributed by atoms with Crippen molar-refractivity contribution in [2.24, 2.45) is 0 Å². The van der Waals surface area contributed by atoms with Crippen LogP contribution >= 0.6 is 0 Å². The summed E-state index contributed by atoms with van der Waals surface area (Å²) in [6, 6.07) is 5.86. The van der Waals surface area contributed by atoms with Crippen LogP contribution in [0.5, 0.6) is 0 Å². The number of Topliss-reactive ketones (excluding diaryl/α,β-unsaturated/α-hetero) is 1. The number of nitrogens with zero attached hydrogens (tertiary/aromatic N) is 3. The molecule has 1 N–H and O–H groups in total. The highest BCUT2D eigenvalue weighted by atomic mass is 16.2. The lowest BCUT2D eigenvalue weighted by Gasteiger charge is -2.13. The third-order valence-electron chi connectivity index (χ3n) is 4.99. The second-order valence-electron chi connectivity index (χ2n) is 7.19. The van der Waals surface area contributed by atoms with E-state index in [0.717, 1.165) is 28.2 Å². The van der Waals surface area contributed by atoms with Gasteiger partial charge in [0.1, 0.15) is 5.78 Å². The highest BCUT2D eigenvalue weighted by Crippen LogP contribution is 2.39. The molecule has 0 aromatic carbocycles. The van der Waals surface area contributed by atoms with E-state index in [4.69, 9.17) is 0 Å². The highest BCUT2D eigenvalue weighted by Gasteiger charge is 2.26. The van der Waals surface area contributed by atoms with Crippen LogP contribution < -0.4 is 0 Å². The average molecular weight is 362 g/mol. The highest BCUT2D eigenvalue weighted by molar-refractivity contribution is 5.89. The molecule has 3 heterocycles. The monoisotopic (exact) mass is 362 g/mol. The van der Waals surface area contributed by atoms with Crippen molar-refractivity contribution in [1.29, 1.82) is 0 Å². The summed E-state index contributed by atoms with van der Waals surface area (Å²) in [7, 11) is 0. The largest absolute Gasteiger partial charge is 0.331 e. The number of H-pyrrole nitrogens is 1. The number of pyridine rings is 1. The van der Waals surface area contributed by atoms with Gasteiger partial charge < -0.3 is 4.90 Å². The van der Waals surface area contributed by atoms with Gasteiger partial charge in [0.2, 0.25) is 5.91 Å². The number of hydrogen-bond acceptors (Lipinski definition) is 4. The van der Waals surface area contributed by atoms with E-state index < -0.39 is 0 Å². The Bertz CT molecular complexity index is 907. The third-order valence-corrected chi connectivity index (χ3v) is 4.99. The van der Waals surface area contributed by atoms with Crippen molar-refractivity contribution < 1.29 is 9.59 Å². The van der Waals surface area contributed by atoms with E-state index in [1.165, 1.54) is 18.9 Å². The van der Waals surface area contributed by atoms with Gasteiger partial charge in [-0.05, 0) is 42.2 Å². The van der Waals surface area contributed by atoms with Gasteiger partial charge in [-0.2, -0.15) is 5.10 Å². The first-order valence-corrected chi connectivity index (χ1v) is 9.24. The minimum Gasteiger partial charge on any atom is -0.331 e. The first-order valence-electron chi connectivity index (χ1n) is 9.24. The minimum absolute atomic E-state index is 0.0767. The molecule has 2 aromatic heterocycles. The minimum atomic E-state index is -0.0767. The van der Waals surface area contributed by atoms with Gasteiger partial charge in [-0.15, -0.1) is 0 Å². The molecule has 2 aromatic rings. The molecule has 0 spiro atoms. The lowest BCUT2D eigenvalue weighted by Crippen LogP contribution is -2.26. The summed E-state index contributed by atoms with van der Waals surface area (Å²) in [6.45, 7) is 4.64. The second kappa shape index (κ2) is 7.31. The average Bonchev–Trinajstić information content (AvgIpc) is 3.22. The molecule has 0 bridgehead atoms. The number of rotatable bonds is 7. The molecule has 1 amide bonds. The molecule has 138 valence electrons. The summed E-state index contributed by atoms with van der Waals surface area (Å²) >= 11 is 0. The van der Waals surface area contributed by atoms with Crippen LogP contribution in [0.1, 0.15) is 41.4 Å². The van der Waals surface area contributed by atoms with Crippen molar-refractivity contribution in [2.45, 2.75) is 31.6 Å². The SMILES string of the molecule is C=CC(=O)N1CC=C(c2ccc(CC(=O)Cc3cc(C4CC4)n[nH]3)cn2)C1. The van der Waals surface area contributed by atoms with E-state index in [1.807, 2.05) is 24.3 Å². The molecule has 0 saturated heterocycles. The van der Waals surface area contributed by atoms with Crippen LogP contribution in [0.25, 0.3) is 5.57 Å². The normalized spacial score (nSPS) is 16.3. The molecule has 6 heteroatoms. The molecule has 1 aliphatic heterocycles. The number of carbonyl (C=O) groups is 2. The predicted molar refractivity (Wildman–Crippen MR) is 102 cm³/mol. The molecular formula is C21H22N4O2. The van der Waals surface area contributed by atoms with Crippen LogP contribution in [-0.2, 0) is 22.4 Å². The number of aromatic nitrogens is 3. The second-order valence-corrected chi connectivity index (χ2v) is 7.19. The molecule has 6 nitrogen and oxygen atoms in total. The number of carbonyl (C=O) groups excluding carboxylic acids is 2. The molecule has 4 rings (SSSR count). The number of aromatic amines is 1. The van der Waals surface area contributed by atoms with Gasteiger partial charge in [0.15, 0.2) is 0 Å². The topological polar surface area (TPSA) is 79.0 Å². The number of hydrogen-bond donors (Lipinski definition) is 1. The van der Waals surface area contributed by atoms with Gasteiger partial charge in [0.25, 0.3) is 0 Å². The Morgan fingerprint density at radius 3 is 2.85 bits per heavy atom. The molecule has 27 heavy (non-hydrogen) atoms. The molecule has 1 saturated carbocycles. The molecule has 0 radical (unpaired) electrons. The van der Waals surface area contributed by atoms with E-state index >= 15 is 0 Å².